The van der Waals surface area contributed by atoms with Crippen molar-refractivity contribution in [3.8, 4) is 0 Å². The van der Waals surface area contributed by atoms with E-state index in [9.17, 15) is 14.9 Å². The Morgan fingerprint density at radius 1 is 1.40 bits per heavy atom. The summed E-state index contributed by atoms with van der Waals surface area (Å²) in [6.07, 6.45) is 1.76. The van der Waals surface area contributed by atoms with Gasteiger partial charge in [-0.15, -0.1) is 0 Å². The maximum absolute atomic E-state index is 12.3. The van der Waals surface area contributed by atoms with Gasteiger partial charge < -0.3 is 19.7 Å². The molecule has 1 aromatic rings. The minimum atomic E-state index is -0.515. The molecule has 0 radical (unpaired) electrons. The number of carbonyl (C=O) groups excluding carboxylic acids is 1. The molecule has 0 aliphatic carbocycles. The van der Waals surface area contributed by atoms with E-state index in [2.05, 4.69) is 5.32 Å². The van der Waals surface area contributed by atoms with E-state index in [1.165, 1.54) is 6.07 Å². The number of para-hydroxylation sites is 2. The van der Waals surface area contributed by atoms with Crippen molar-refractivity contribution >= 4 is 17.3 Å². The maximum Gasteiger partial charge on any atom is 0.292 e. The van der Waals surface area contributed by atoms with Crippen molar-refractivity contribution in [2.75, 3.05) is 31.6 Å². The second kappa shape index (κ2) is 7.37. The second-order valence-corrected chi connectivity index (χ2v) is 6.48. The first-order valence-corrected chi connectivity index (χ1v) is 8.56. The number of likely N-dealkylation sites (tertiary alicyclic amines) is 1. The van der Waals surface area contributed by atoms with Crippen LogP contribution in [0.25, 0.3) is 0 Å². The molecule has 3 rings (SSSR count). The van der Waals surface area contributed by atoms with Crippen LogP contribution in [-0.4, -0.2) is 53.9 Å². The zero-order valence-corrected chi connectivity index (χ0v) is 14.3. The summed E-state index contributed by atoms with van der Waals surface area (Å²) in [5.74, 6) is -0.481. The Morgan fingerprint density at radius 2 is 2.12 bits per heavy atom. The number of ether oxygens (including phenoxy) is 2. The number of amides is 1. The van der Waals surface area contributed by atoms with Crippen molar-refractivity contribution in [3.63, 3.8) is 0 Å². The standard InChI is InChI=1S/C17H23N3O5/c1-13-12-24-17(25-13)7-10-19(11-8-17)16(21)6-9-18-14-4-2-3-5-15(14)20(22)23/h2-5,13,18H,6-12H2,1H3/t13-/m0/s1. The Labute approximate surface area is 146 Å². The minimum Gasteiger partial charge on any atom is -0.379 e. The Morgan fingerprint density at radius 3 is 2.76 bits per heavy atom. The van der Waals surface area contributed by atoms with Crippen LogP contribution in [0.3, 0.4) is 0 Å². The summed E-state index contributed by atoms with van der Waals surface area (Å²) in [4.78, 5) is 24.7. The molecule has 2 saturated heterocycles. The Balaban J connectivity index is 1.46. The highest BCUT2D eigenvalue weighted by Gasteiger charge is 2.43. The zero-order valence-electron chi connectivity index (χ0n) is 14.3. The summed E-state index contributed by atoms with van der Waals surface area (Å²) in [6, 6.07) is 6.43. The third kappa shape index (κ3) is 4.08. The number of anilines is 1. The van der Waals surface area contributed by atoms with Gasteiger partial charge in [0.1, 0.15) is 5.69 Å². The molecule has 1 amide bonds. The van der Waals surface area contributed by atoms with E-state index in [0.29, 0.717) is 44.8 Å². The van der Waals surface area contributed by atoms with E-state index < -0.39 is 10.7 Å². The predicted molar refractivity (Wildman–Crippen MR) is 91.2 cm³/mol. The van der Waals surface area contributed by atoms with Gasteiger partial charge in [-0.25, -0.2) is 0 Å². The van der Waals surface area contributed by atoms with E-state index in [1.807, 2.05) is 11.8 Å². The lowest BCUT2D eigenvalue weighted by atomic mass is 10.0. The number of piperidine rings is 1. The normalized spacial score (nSPS) is 22.1. The third-order valence-electron chi connectivity index (χ3n) is 4.63. The van der Waals surface area contributed by atoms with Crippen LogP contribution in [0.5, 0.6) is 0 Å². The summed E-state index contributed by atoms with van der Waals surface area (Å²) in [6.45, 7) is 4.16. The number of nitro groups is 1. The van der Waals surface area contributed by atoms with Gasteiger partial charge >= 0.3 is 0 Å². The van der Waals surface area contributed by atoms with Crippen LogP contribution in [0.4, 0.5) is 11.4 Å². The summed E-state index contributed by atoms with van der Waals surface area (Å²) in [5, 5.41) is 14.0. The van der Waals surface area contributed by atoms with Crippen molar-refractivity contribution in [1.82, 2.24) is 4.90 Å². The quantitative estimate of drug-likeness (QED) is 0.647. The molecule has 1 aromatic carbocycles. The molecule has 1 N–H and O–H groups in total. The van der Waals surface area contributed by atoms with Crippen molar-refractivity contribution in [2.45, 2.75) is 38.1 Å². The average molecular weight is 349 g/mol. The lowest BCUT2D eigenvalue weighted by Gasteiger charge is -2.37. The van der Waals surface area contributed by atoms with Crippen LogP contribution in [-0.2, 0) is 14.3 Å². The van der Waals surface area contributed by atoms with Crippen molar-refractivity contribution in [2.24, 2.45) is 0 Å². The number of nitrogens with zero attached hydrogens (tertiary/aromatic N) is 2. The minimum absolute atomic E-state index is 0.0134. The van der Waals surface area contributed by atoms with E-state index in [4.69, 9.17) is 9.47 Å². The van der Waals surface area contributed by atoms with Crippen molar-refractivity contribution < 1.29 is 19.2 Å². The molecule has 2 fully saturated rings. The molecule has 1 spiro atoms. The van der Waals surface area contributed by atoms with Gasteiger partial charge in [-0.3, -0.25) is 14.9 Å². The van der Waals surface area contributed by atoms with Gasteiger partial charge in [-0.05, 0) is 13.0 Å². The summed E-state index contributed by atoms with van der Waals surface area (Å²) in [7, 11) is 0. The summed E-state index contributed by atoms with van der Waals surface area (Å²) < 4.78 is 11.6. The first-order chi connectivity index (χ1) is 12.0. The molecule has 8 heteroatoms. The Kier molecular flexibility index (Phi) is 5.19. The number of hydrogen-bond acceptors (Lipinski definition) is 6. The van der Waals surface area contributed by atoms with Gasteiger partial charge in [-0.1, -0.05) is 12.1 Å². The van der Waals surface area contributed by atoms with E-state index in [-0.39, 0.29) is 24.1 Å². The molecule has 0 bridgehead atoms. The highest BCUT2D eigenvalue weighted by molar-refractivity contribution is 5.77. The largest absolute Gasteiger partial charge is 0.379 e. The fourth-order valence-corrected chi connectivity index (χ4v) is 3.31. The van der Waals surface area contributed by atoms with Crippen LogP contribution in [0.2, 0.25) is 0 Å². The number of nitro benzene ring substituents is 1. The molecule has 25 heavy (non-hydrogen) atoms. The topological polar surface area (TPSA) is 93.9 Å². The number of hydrogen-bond donors (Lipinski definition) is 1. The number of benzene rings is 1. The first kappa shape index (κ1) is 17.6. The summed E-state index contributed by atoms with van der Waals surface area (Å²) >= 11 is 0. The monoisotopic (exact) mass is 349 g/mol. The summed E-state index contributed by atoms with van der Waals surface area (Å²) in [5.41, 5.74) is 0.444. The highest BCUT2D eigenvalue weighted by Crippen LogP contribution is 2.34. The number of rotatable bonds is 5. The molecule has 1 atom stereocenters. The van der Waals surface area contributed by atoms with Crippen LogP contribution in [0.15, 0.2) is 24.3 Å². The SMILES string of the molecule is C[C@H]1COC2(CCN(C(=O)CCNc3ccccc3[N+](=O)[O-])CC2)O1. The van der Waals surface area contributed by atoms with Gasteiger partial charge in [0, 0.05) is 45.0 Å². The molecule has 2 heterocycles. The first-order valence-electron chi connectivity index (χ1n) is 8.56. The molecular weight excluding hydrogens is 326 g/mol. The fraction of sp³-hybridized carbons (Fsp3) is 0.588. The second-order valence-electron chi connectivity index (χ2n) is 6.48. The lowest BCUT2D eigenvalue weighted by molar-refractivity contribution is -0.384. The molecule has 8 nitrogen and oxygen atoms in total. The third-order valence-corrected chi connectivity index (χ3v) is 4.63. The predicted octanol–water partition coefficient (Wildman–Crippen LogP) is 2.15. The molecule has 0 aromatic heterocycles. The fourth-order valence-electron chi connectivity index (χ4n) is 3.31. The van der Waals surface area contributed by atoms with Gasteiger partial charge in [0.2, 0.25) is 5.91 Å². The lowest BCUT2D eigenvalue weighted by Crippen LogP contribution is -2.47. The number of carbonyl (C=O) groups is 1. The van der Waals surface area contributed by atoms with Crippen molar-refractivity contribution in [1.29, 1.82) is 0 Å². The highest BCUT2D eigenvalue weighted by atomic mass is 16.7. The Bertz CT molecular complexity index is 643. The molecule has 136 valence electrons. The number of nitrogens with one attached hydrogen (secondary N) is 1. The van der Waals surface area contributed by atoms with Gasteiger partial charge in [-0.2, -0.15) is 0 Å². The van der Waals surface area contributed by atoms with E-state index in [0.717, 1.165) is 0 Å². The maximum atomic E-state index is 12.3. The van der Waals surface area contributed by atoms with Crippen LogP contribution < -0.4 is 5.32 Å². The molecule has 0 unspecified atom stereocenters. The van der Waals surface area contributed by atoms with E-state index in [1.54, 1.807) is 18.2 Å². The Hall–Kier alpha value is -2.19. The van der Waals surface area contributed by atoms with Crippen LogP contribution in [0.1, 0.15) is 26.2 Å². The molecular formula is C17H23N3O5. The van der Waals surface area contributed by atoms with Gasteiger partial charge in [0.15, 0.2) is 5.79 Å². The van der Waals surface area contributed by atoms with Crippen molar-refractivity contribution in [3.05, 3.63) is 34.4 Å². The molecule has 2 aliphatic rings. The van der Waals surface area contributed by atoms with Crippen LogP contribution >= 0.6 is 0 Å². The van der Waals surface area contributed by atoms with Gasteiger partial charge in [0.25, 0.3) is 5.69 Å². The van der Waals surface area contributed by atoms with Gasteiger partial charge in [0.05, 0.1) is 17.6 Å². The molecule has 2 aliphatic heterocycles. The van der Waals surface area contributed by atoms with E-state index >= 15 is 0 Å². The van der Waals surface area contributed by atoms with Crippen LogP contribution in [0, 0.1) is 10.1 Å². The zero-order chi connectivity index (χ0) is 17.9. The average Bonchev–Trinajstić information content (AvgIpc) is 2.96. The smallest absolute Gasteiger partial charge is 0.292 e. The molecule has 0 saturated carbocycles.